The van der Waals surface area contributed by atoms with Gasteiger partial charge in [-0.25, -0.2) is 4.39 Å². The monoisotopic (exact) mass is 225 g/mol. The minimum absolute atomic E-state index is 0.0231. The Bertz CT molecular complexity index is 421. The van der Waals surface area contributed by atoms with Crippen LogP contribution in [0.2, 0.25) is 0 Å². The second-order valence-electron chi connectivity index (χ2n) is 3.72. The average molecular weight is 225 g/mol. The molecular formula is C11H12FNO3. The maximum Gasteiger partial charge on any atom is 0.249 e. The van der Waals surface area contributed by atoms with Crippen LogP contribution in [0.15, 0.2) is 23.9 Å². The third-order valence-corrected chi connectivity index (χ3v) is 2.02. The fourth-order valence-electron chi connectivity index (χ4n) is 1.28. The third-order valence-electron chi connectivity index (χ3n) is 2.02. The molecular weight excluding hydrogens is 213 g/mol. The Hall–Kier alpha value is -1.91. The zero-order valence-corrected chi connectivity index (χ0v) is 8.98. The van der Waals surface area contributed by atoms with Crippen molar-refractivity contribution in [3.63, 3.8) is 0 Å². The number of hydrogen-bond donors (Lipinski definition) is 1. The number of nitrogens with zero attached hydrogens (tertiary/aromatic N) is 1. The third kappa shape index (κ3) is 3.05. The van der Waals surface area contributed by atoms with Crippen molar-refractivity contribution in [3.05, 3.63) is 45.4 Å². The van der Waals surface area contributed by atoms with Gasteiger partial charge in [-0.2, -0.15) is 0 Å². The second kappa shape index (κ2) is 4.74. The van der Waals surface area contributed by atoms with Crippen molar-refractivity contribution in [1.29, 1.82) is 0 Å². The SMILES string of the molecule is CC(C)/C(=C/c1cc(O)cc(F)c1)[N+](=O)[O-]. The van der Waals surface area contributed by atoms with Gasteiger partial charge >= 0.3 is 0 Å². The van der Waals surface area contributed by atoms with Crippen LogP contribution >= 0.6 is 0 Å². The predicted octanol–water partition coefficient (Wildman–Crippen LogP) is 2.80. The first-order valence-corrected chi connectivity index (χ1v) is 4.75. The van der Waals surface area contributed by atoms with Crippen molar-refractivity contribution in [1.82, 2.24) is 0 Å². The number of benzene rings is 1. The molecule has 5 heteroatoms. The number of nitro groups is 1. The summed E-state index contributed by atoms with van der Waals surface area (Å²) in [7, 11) is 0. The Morgan fingerprint density at radius 3 is 2.56 bits per heavy atom. The summed E-state index contributed by atoms with van der Waals surface area (Å²) in [5.74, 6) is -1.16. The summed E-state index contributed by atoms with van der Waals surface area (Å²) >= 11 is 0. The summed E-state index contributed by atoms with van der Waals surface area (Å²) < 4.78 is 12.9. The fraction of sp³-hybridized carbons (Fsp3) is 0.273. The van der Waals surface area contributed by atoms with Crippen molar-refractivity contribution in [2.24, 2.45) is 5.92 Å². The number of phenols is 1. The number of halogens is 1. The summed E-state index contributed by atoms with van der Waals surface area (Å²) in [5.41, 5.74) is 0.253. The topological polar surface area (TPSA) is 63.4 Å². The van der Waals surface area contributed by atoms with Crippen LogP contribution in [-0.2, 0) is 0 Å². The van der Waals surface area contributed by atoms with Gasteiger partial charge in [-0.05, 0) is 17.7 Å². The summed E-state index contributed by atoms with van der Waals surface area (Å²) in [6, 6.07) is 3.35. The molecule has 0 saturated carbocycles. The lowest BCUT2D eigenvalue weighted by Crippen LogP contribution is -2.05. The highest BCUT2D eigenvalue weighted by Crippen LogP contribution is 2.20. The molecule has 0 aliphatic heterocycles. The highest BCUT2D eigenvalue weighted by molar-refractivity contribution is 5.53. The quantitative estimate of drug-likeness (QED) is 0.635. The van der Waals surface area contributed by atoms with Crippen LogP contribution < -0.4 is 0 Å². The highest BCUT2D eigenvalue weighted by atomic mass is 19.1. The Morgan fingerprint density at radius 1 is 1.50 bits per heavy atom. The van der Waals surface area contributed by atoms with Gasteiger partial charge in [-0.1, -0.05) is 13.8 Å². The van der Waals surface area contributed by atoms with Crippen molar-refractivity contribution in [3.8, 4) is 5.75 Å². The number of aromatic hydroxyl groups is 1. The van der Waals surface area contributed by atoms with Gasteiger partial charge in [0.25, 0.3) is 0 Å². The molecule has 0 aliphatic rings. The molecule has 16 heavy (non-hydrogen) atoms. The molecule has 0 saturated heterocycles. The van der Waals surface area contributed by atoms with Gasteiger partial charge < -0.3 is 5.11 Å². The van der Waals surface area contributed by atoms with E-state index >= 15 is 0 Å². The average Bonchev–Trinajstić information content (AvgIpc) is 2.11. The summed E-state index contributed by atoms with van der Waals surface area (Å²) in [4.78, 5) is 10.2. The molecule has 0 radical (unpaired) electrons. The Labute approximate surface area is 92.2 Å². The molecule has 0 unspecified atom stereocenters. The molecule has 0 fully saturated rings. The molecule has 86 valence electrons. The van der Waals surface area contributed by atoms with Crippen LogP contribution in [0.1, 0.15) is 19.4 Å². The van der Waals surface area contributed by atoms with Gasteiger partial charge in [0.15, 0.2) is 0 Å². The minimum atomic E-state index is -0.627. The van der Waals surface area contributed by atoms with Crippen LogP contribution in [0, 0.1) is 21.8 Å². The van der Waals surface area contributed by atoms with E-state index < -0.39 is 10.7 Å². The summed E-state index contributed by atoms with van der Waals surface area (Å²) in [6.07, 6.45) is 1.26. The fourth-order valence-corrected chi connectivity index (χ4v) is 1.28. The normalized spacial score (nSPS) is 11.9. The van der Waals surface area contributed by atoms with Crippen LogP contribution in [-0.4, -0.2) is 10.0 Å². The van der Waals surface area contributed by atoms with E-state index in [0.29, 0.717) is 0 Å². The molecule has 0 atom stereocenters. The first kappa shape index (κ1) is 12.2. The Kier molecular flexibility index (Phi) is 3.60. The molecule has 0 aromatic heterocycles. The number of phenolic OH excluding ortho intramolecular Hbond substituents is 1. The Morgan fingerprint density at radius 2 is 2.12 bits per heavy atom. The van der Waals surface area contributed by atoms with Gasteiger partial charge in [0.2, 0.25) is 5.70 Å². The van der Waals surface area contributed by atoms with Crippen LogP contribution in [0.25, 0.3) is 6.08 Å². The van der Waals surface area contributed by atoms with E-state index in [1.54, 1.807) is 13.8 Å². The van der Waals surface area contributed by atoms with Gasteiger partial charge in [-0.3, -0.25) is 10.1 Å². The summed E-state index contributed by atoms with van der Waals surface area (Å²) in [6.45, 7) is 3.35. The first-order valence-electron chi connectivity index (χ1n) is 4.75. The lowest BCUT2D eigenvalue weighted by molar-refractivity contribution is -0.431. The molecule has 0 spiro atoms. The number of hydrogen-bond acceptors (Lipinski definition) is 3. The maximum absolute atomic E-state index is 12.9. The standard InChI is InChI=1S/C11H12FNO3/c1-7(2)11(13(15)16)5-8-3-9(12)6-10(14)4-8/h3-7,14H,1-2H3/b11-5-. The van der Waals surface area contributed by atoms with Gasteiger partial charge in [-0.15, -0.1) is 0 Å². The van der Waals surface area contributed by atoms with Crippen molar-refractivity contribution < 1.29 is 14.4 Å². The molecule has 1 N–H and O–H groups in total. The zero-order chi connectivity index (χ0) is 12.3. The van der Waals surface area contributed by atoms with Crippen molar-refractivity contribution in [2.75, 3.05) is 0 Å². The number of rotatable bonds is 3. The van der Waals surface area contributed by atoms with Crippen LogP contribution in [0.3, 0.4) is 0 Å². The smallest absolute Gasteiger partial charge is 0.249 e. The first-order chi connectivity index (χ1) is 7.40. The number of allylic oxidation sites excluding steroid dienone is 1. The summed E-state index contributed by atoms with van der Waals surface area (Å²) in [5, 5.41) is 19.8. The van der Waals surface area contributed by atoms with E-state index in [0.717, 1.165) is 12.1 Å². The highest BCUT2D eigenvalue weighted by Gasteiger charge is 2.15. The minimum Gasteiger partial charge on any atom is -0.508 e. The lowest BCUT2D eigenvalue weighted by atomic mass is 10.1. The molecule has 1 rings (SSSR count). The molecule has 0 bridgehead atoms. The van der Waals surface area contributed by atoms with Crippen molar-refractivity contribution in [2.45, 2.75) is 13.8 Å². The van der Waals surface area contributed by atoms with E-state index in [9.17, 15) is 14.5 Å². The molecule has 1 aromatic rings. The van der Waals surface area contributed by atoms with E-state index in [1.165, 1.54) is 12.1 Å². The molecule has 0 amide bonds. The molecule has 4 nitrogen and oxygen atoms in total. The van der Waals surface area contributed by atoms with Gasteiger partial charge in [0.05, 0.1) is 4.92 Å². The largest absolute Gasteiger partial charge is 0.508 e. The van der Waals surface area contributed by atoms with E-state index in [1.807, 2.05) is 0 Å². The molecule has 0 heterocycles. The van der Waals surface area contributed by atoms with Crippen molar-refractivity contribution >= 4 is 6.08 Å². The lowest BCUT2D eigenvalue weighted by Gasteiger charge is -2.02. The second-order valence-corrected chi connectivity index (χ2v) is 3.72. The van der Waals surface area contributed by atoms with E-state index in [2.05, 4.69) is 0 Å². The molecule has 1 aromatic carbocycles. The predicted molar refractivity (Wildman–Crippen MR) is 57.9 cm³/mol. The van der Waals surface area contributed by atoms with E-state index in [-0.39, 0.29) is 22.9 Å². The van der Waals surface area contributed by atoms with Crippen LogP contribution in [0.5, 0.6) is 5.75 Å². The Balaban J connectivity index is 3.17. The van der Waals surface area contributed by atoms with Gasteiger partial charge in [0.1, 0.15) is 11.6 Å². The van der Waals surface area contributed by atoms with E-state index in [4.69, 9.17) is 5.11 Å². The van der Waals surface area contributed by atoms with Crippen LogP contribution in [0.4, 0.5) is 4.39 Å². The molecule has 0 aliphatic carbocycles. The zero-order valence-electron chi connectivity index (χ0n) is 8.98. The van der Waals surface area contributed by atoms with Gasteiger partial charge in [0, 0.05) is 18.1 Å². The maximum atomic E-state index is 12.9.